The summed E-state index contributed by atoms with van der Waals surface area (Å²) in [6.07, 6.45) is 0.917. The van der Waals surface area contributed by atoms with Crippen LogP contribution in [0.5, 0.6) is 0 Å². The number of nitrogens with one attached hydrogen (secondary N) is 1. The number of guanidine groups is 1. The maximum absolute atomic E-state index is 12.6. The summed E-state index contributed by atoms with van der Waals surface area (Å²) in [5.74, 6) is 0.658. The number of carbonyl (C=O) groups is 2. The molecule has 28 heavy (non-hydrogen) atoms. The first kappa shape index (κ1) is 24.7. The number of carbonyl (C=O) groups excluding carboxylic acids is 2. The molecule has 1 N–H and O–H groups in total. The molecular weight excluding hydrogens is 489 g/mol. The van der Waals surface area contributed by atoms with Gasteiger partial charge in [-0.25, -0.2) is 4.99 Å². The molecule has 0 spiro atoms. The number of aliphatic imine (C=N–C) groups is 1. The number of fused-ring (bicyclic) bond motifs is 1. The summed E-state index contributed by atoms with van der Waals surface area (Å²) in [4.78, 5) is 36.2. The quantitative estimate of drug-likeness (QED) is 0.339. The van der Waals surface area contributed by atoms with E-state index in [1.54, 1.807) is 21.1 Å². The molecule has 1 aliphatic rings. The lowest BCUT2D eigenvalue weighted by atomic mass is 10.1. The largest absolute Gasteiger partial charge is 0.356 e. The Hall–Kier alpha value is -1.36. The van der Waals surface area contributed by atoms with E-state index < -0.39 is 0 Å². The van der Waals surface area contributed by atoms with E-state index in [-0.39, 0.29) is 48.9 Å². The second-order valence-corrected chi connectivity index (χ2v) is 7.53. The fourth-order valence-corrected chi connectivity index (χ4v) is 4.02. The first-order valence-corrected chi connectivity index (χ1v) is 10.5. The molecule has 0 saturated carbocycles. The summed E-state index contributed by atoms with van der Waals surface area (Å²) in [5.41, 5.74) is 1.25. The molecule has 0 saturated heterocycles. The minimum Gasteiger partial charge on any atom is -0.356 e. The molecule has 0 radical (unpaired) electrons. The van der Waals surface area contributed by atoms with Crippen LogP contribution in [0, 0.1) is 0 Å². The third-order valence-electron chi connectivity index (χ3n) is 4.71. The van der Waals surface area contributed by atoms with E-state index in [1.807, 2.05) is 32.7 Å². The van der Waals surface area contributed by atoms with E-state index in [0.717, 1.165) is 13.0 Å². The van der Waals surface area contributed by atoms with Crippen LogP contribution in [0.4, 0.5) is 0 Å². The minimum absolute atomic E-state index is 0. The van der Waals surface area contributed by atoms with Crippen molar-refractivity contribution in [3.05, 3.63) is 21.9 Å². The fourth-order valence-electron chi connectivity index (χ4n) is 3.13. The van der Waals surface area contributed by atoms with Crippen LogP contribution >= 0.6 is 35.3 Å². The summed E-state index contributed by atoms with van der Waals surface area (Å²) in [6, 6.07) is 2.10. The predicted molar refractivity (Wildman–Crippen MR) is 125 cm³/mol. The van der Waals surface area contributed by atoms with Gasteiger partial charge in [-0.2, -0.15) is 0 Å². The molecule has 2 amide bonds. The molecule has 1 aliphatic heterocycles. The Labute approximate surface area is 189 Å². The zero-order valence-corrected chi connectivity index (χ0v) is 20.4. The van der Waals surface area contributed by atoms with Crippen LogP contribution in [-0.2, 0) is 22.6 Å². The number of rotatable bonds is 7. The van der Waals surface area contributed by atoms with Crippen LogP contribution in [0.15, 0.2) is 16.4 Å². The highest BCUT2D eigenvalue weighted by Gasteiger charge is 2.21. The van der Waals surface area contributed by atoms with Crippen LogP contribution in [0.3, 0.4) is 0 Å². The predicted octanol–water partition coefficient (Wildman–Crippen LogP) is 2.02. The van der Waals surface area contributed by atoms with Crippen molar-refractivity contribution in [2.24, 2.45) is 4.99 Å². The molecule has 0 atom stereocenters. The molecule has 0 fully saturated rings. The molecule has 2 rings (SSSR count). The van der Waals surface area contributed by atoms with Gasteiger partial charge in [0.15, 0.2) is 5.96 Å². The lowest BCUT2D eigenvalue weighted by Gasteiger charge is -2.27. The Morgan fingerprint density at radius 2 is 2.00 bits per heavy atom. The Kier molecular flexibility index (Phi) is 10.8. The highest BCUT2D eigenvalue weighted by molar-refractivity contribution is 14.0. The summed E-state index contributed by atoms with van der Waals surface area (Å²) >= 11 is 1.76. The Morgan fingerprint density at radius 3 is 2.64 bits per heavy atom. The Bertz CT molecular complexity index is 675. The maximum Gasteiger partial charge on any atom is 0.244 e. The fraction of sp³-hybridized carbons (Fsp3) is 0.632. The lowest BCUT2D eigenvalue weighted by molar-refractivity contribution is -0.131. The van der Waals surface area contributed by atoms with Crippen molar-refractivity contribution in [2.45, 2.75) is 33.7 Å². The van der Waals surface area contributed by atoms with E-state index in [9.17, 15) is 9.59 Å². The van der Waals surface area contributed by atoms with Gasteiger partial charge in [0.1, 0.15) is 6.54 Å². The third kappa shape index (κ3) is 6.61. The first-order valence-electron chi connectivity index (χ1n) is 9.60. The van der Waals surface area contributed by atoms with Crippen molar-refractivity contribution in [3.63, 3.8) is 0 Å². The normalized spacial score (nSPS) is 13.4. The number of likely N-dealkylation sites (N-methyl/N-ethyl adjacent to an activating group) is 2. The van der Waals surface area contributed by atoms with Crippen molar-refractivity contribution >= 4 is 53.1 Å². The van der Waals surface area contributed by atoms with Crippen molar-refractivity contribution in [1.29, 1.82) is 0 Å². The van der Waals surface area contributed by atoms with Crippen molar-refractivity contribution in [1.82, 2.24) is 20.0 Å². The highest BCUT2D eigenvalue weighted by Crippen LogP contribution is 2.23. The highest BCUT2D eigenvalue weighted by atomic mass is 127. The molecule has 0 unspecified atom stereocenters. The molecule has 0 bridgehead atoms. The van der Waals surface area contributed by atoms with Gasteiger partial charge in [0, 0.05) is 44.6 Å². The van der Waals surface area contributed by atoms with Gasteiger partial charge in [-0.05, 0) is 44.2 Å². The standard InChI is InChI=1S/C19H31N5O2S.HI/c1-5-20-19(22(4)14-18(26)23(6-2)7-3)21-12-17(25)24-10-8-16-15(13-24)9-11-27-16;/h9,11H,5-8,10,12-14H2,1-4H3,(H,20,21);1H. The second kappa shape index (κ2) is 12.3. The number of hydrogen-bond donors (Lipinski definition) is 1. The van der Waals surface area contributed by atoms with Gasteiger partial charge in [-0.3, -0.25) is 9.59 Å². The molecule has 0 aromatic carbocycles. The topological polar surface area (TPSA) is 68.2 Å². The van der Waals surface area contributed by atoms with E-state index in [0.29, 0.717) is 32.1 Å². The molecule has 1 aromatic rings. The second-order valence-electron chi connectivity index (χ2n) is 6.53. The van der Waals surface area contributed by atoms with Crippen LogP contribution in [-0.4, -0.2) is 78.8 Å². The lowest BCUT2D eigenvalue weighted by Crippen LogP contribution is -2.46. The summed E-state index contributed by atoms with van der Waals surface area (Å²) in [5, 5.41) is 5.25. The number of halogens is 1. The van der Waals surface area contributed by atoms with Gasteiger partial charge in [-0.1, -0.05) is 0 Å². The van der Waals surface area contributed by atoms with E-state index in [4.69, 9.17) is 0 Å². The van der Waals surface area contributed by atoms with Gasteiger partial charge < -0.3 is 20.0 Å². The molecule has 1 aromatic heterocycles. The molecule has 0 aliphatic carbocycles. The number of amides is 2. The van der Waals surface area contributed by atoms with Crippen molar-refractivity contribution in [2.75, 3.05) is 46.3 Å². The Balaban J connectivity index is 0.00000392. The van der Waals surface area contributed by atoms with Crippen molar-refractivity contribution in [3.8, 4) is 0 Å². The first-order chi connectivity index (χ1) is 13.0. The monoisotopic (exact) mass is 521 g/mol. The van der Waals surface area contributed by atoms with E-state index in [1.165, 1.54) is 10.4 Å². The van der Waals surface area contributed by atoms with E-state index >= 15 is 0 Å². The minimum atomic E-state index is 0. The zero-order valence-electron chi connectivity index (χ0n) is 17.2. The van der Waals surface area contributed by atoms with Crippen LogP contribution < -0.4 is 5.32 Å². The van der Waals surface area contributed by atoms with Gasteiger partial charge >= 0.3 is 0 Å². The average Bonchev–Trinajstić information content (AvgIpc) is 3.13. The molecule has 9 heteroatoms. The summed E-state index contributed by atoms with van der Waals surface area (Å²) < 4.78 is 0. The maximum atomic E-state index is 12.6. The van der Waals surface area contributed by atoms with Gasteiger partial charge in [0.2, 0.25) is 11.8 Å². The number of hydrogen-bond acceptors (Lipinski definition) is 4. The molecule has 158 valence electrons. The van der Waals surface area contributed by atoms with Crippen molar-refractivity contribution < 1.29 is 9.59 Å². The molecule has 2 heterocycles. The Morgan fingerprint density at radius 1 is 1.29 bits per heavy atom. The van der Waals surface area contributed by atoms with Gasteiger partial charge in [-0.15, -0.1) is 35.3 Å². The number of nitrogens with zero attached hydrogens (tertiary/aromatic N) is 4. The molecule has 7 nitrogen and oxygen atoms in total. The average molecular weight is 521 g/mol. The van der Waals surface area contributed by atoms with E-state index in [2.05, 4.69) is 21.8 Å². The zero-order chi connectivity index (χ0) is 19.8. The van der Waals surface area contributed by atoms with Crippen LogP contribution in [0.2, 0.25) is 0 Å². The smallest absolute Gasteiger partial charge is 0.244 e. The van der Waals surface area contributed by atoms with Gasteiger partial charge in [0.25, 0.3) is 0 Å². The summed E-state index contributed by atoms with van der Waals surface area (Å²) in [6.45, 7) is 9.71. The van der Waals surface area contributed by atoms with Crippen LogP contribution in [0.1, 0.15) is 31.2 Å². The SMILES string of the molecule is CCNC(=NCC(=O)N1CCc2sccc2C1)N(C)CC(=O)N(CC)CC.I. The van der Waals surface area contributed by atoms with Crippen LogP contribution in [0.25, 0.3) is 0 Å². The third-order valence-corrected chi connectivity index (χ3v) is 5.73. The van der Waals surface area contributed by atoms with Gasteiger partial charge in [0.05, 0.1) is 6.54 Å². The molecular formula is C19H32IN5O2S. The number of thiophene rings is 1. The summed E-state index contributed by atoms with van der Waals surface area (Å²) in [7, 11) is 1.83.